The highest BCUT2D eigenvalue weighted by Crippen LogP contribution is 2.46. The summed E-state index contributed by atoms with van der Waals surface area (Å²) in [7, 11) is 0. The summed E-state index contributed by atoms with van der Waals surface area (Å²) in [5.74, 6) is -0.621. The van der Waals surface area contributed by atoms with E-state index >= 15 is 0 Å². The van der Waals surface area contributed by atoms with Crippen LogP contribution < -0.4 is 27.4 Å². The minimum atomic E-state index is -0.326. The number of benzene rings is 4. The number of carbonyl (C=O) groups is 2. The molecule has 14 heteroatoms. The van der Waals surface area contributed by atoms with Gasteiger partial charge in [0.25, 0.3) is 0 Å². The first-order valence-electron chi connectivity index (χ1n) is 16.3. The molecular weight excluding hydrogens is 741 g/mol. The number of amides is 2. The Balaban J connectivity index is 1.03. The zero-order valence-electron chi connectivity index (χ0n) is 28.1. The van der Waals surface area contributed by atoms with E-state index < -0.39 is 0 Å². The number of carbonyl (C=O) groups excluding carboxylic acids is 2. The van der Waals surface area contributed by atoms with Crippen LogP contribution in [-0.2, 0) is 22.4 Å². The molecule has 2 aromatic heterocycles. The van der Waals surface area contributed by atoms with Gasteiger partial charge in [0.1, 0.15) is 34.9 Å². The van der Waals surface area contributed by atoms with E-state index in [1.54, 1.807) is 72.8 Å². The van der Waals surface area contributed by atoms with E-state index in [0.29, 0.717) is 55.1 Å². The summed E-state index contributed by atoms with van der Waals surface area (Å²) in [4.78, 5) is 36.7. The number of nitriles is 2. The molecule has 7 N–H and O–H groups in total. The van der Waals surface area contributed by atoms with Crippen LogP contribution in [0.5, 0.6) is 0 Å². The van der Waals surface area contributed by atoms with Crippen LogP contribution in [0.25, 0.3) is 22.3 Å². The lowest BCUT2D eigenvalue weighted by molar-refractivity contribution is -0.116. The zero-order chi connectivity index (χ0) is 37.9. The number of nitrogens with two attached hydrogens (primary N) is 2. The van der Waals surface area contributed by atoms with Gasteiger partial charge < -0.3 is 27.4 Å². The van der Waals surface area contributed by atoms with Crippen molar-refractivity contribution in [1.82, 2.24) is 9.97 Å². The highest BCUT2D eigenvalue weighted by atomic mass is 35.5. The van der Waals surface area contributed by atoms with E-state index in [9.17, 15) is 20.1 Å². The van der Waals surface area contributed by atoms with E-state index in [4.69, 9.17) is 34.7 Å². The van der Waals surface area contributed by atoms with Gasteiger partial charge in [0.2, 0.25) is 11.8 Å². The molecule has 0 radical (unpaired) electrons. The monoisotopic (exact) mass is 767 g/mol. The number of nitrogen functional groups attached to an aromatic ring is 2. The van der Waals surface area contributed by atoms with Crippen molar-refractivity contribution in [1.29, 1.82) is 10.5 Å². The van der Waals surface area contributed by atoms with Gasteiger partial charge in [0.05, 0.1) is 35.6 Å². The fourth-order valence-electron chi connectivity index (χ4n) is 6.02. The molecule has 0 atom stereocenters. The van der Waals surface area contributed by atoms with Crippen LogP contribution in [-0.4, -0.2) is 21.8 Å². The Labute approximate surface area is 324 Å². The molecule has 0 spiro atoms. The molecule has 7 rings (SSSR count). The molecule has 54 heavy (non-hydrogen) atoms. The van der Waals surface area contributed by atoms with Gasteiger partial charge in [0.15, 0.2) is 0 Å². The molecule has 0 bridgehead atoms. The summed E-state index contributed by atoms with van der Waals surface area (Å²) in [6.07, 6.45) is -0.179. The number of hydrogen-bond donors (Lipinski definition) is 5. The number of pyridine rings is 2. The minimum absolute atomic E-state index is 0.0152. The van der Waals surface area contributed by atoms with Crippen LogP contribution in [0.15, 0.2) is 107 Å². The molecule has 0 saturated carbocycles. The molecule has 11 nitrogen and oxygen atoms in total. The first-order valence-corrected chi connectivity index (χ1v) is 17.9. The predicted octanol–water partition coefficient (Wildman–Crippen LogP) is 8.60. The smallest absolute Gasteiger partial charge is 0.230 e. The van der Waals surface area contributed by atoms with Gasteiger partial charge in [-0.25, -0.2) is 9.97 Å². The largest absolute Gasteiger partial charge is 0.383 e. The summed E-state index contributed by atoms with van der Waals surface area (Å²) in [5, 5.41) is 29.6. The second-order valence-electron chi connectivity index (χ2n) is 12.1. The molecule has 0 unspecified atom stereocenters. The minimum Gasteiger partial charge on any atom is -0.383 e. The third kappa shape index (κ3) is 7.49. The van der Waals surface area contributed by atoms with Gasteiger partial charge >= 0.3 is 0 Å². The molecule has 4 aromatic carbocycles. The van der Waals surface area contributed by atoms with E-state index in [-0.39, 0.29) is 47.4 Å². The number of rotatable bonds is 8. The predicted molar refractivity (Wildman–Crippen MR) is 213 cm³/mol. The highest BCUT2D eigenvalue weighted by Gasteiger charge is 2.21. The number of fused-ring (bicyclic) bond motifs is 2. The van der Waals surface area contributed by atoms with Crippen LogP contribution in [0, 0.1) is 22.7 Å². The summed E-state index contributed by atoms with van der Waals surface area (Å²) in [6, 6.07) is 32.7. The Morgan fingerprint density at radius 1 is 0.648 bits per heavy atom. The Bertz CT molecular complexity index is 2420. The molecule has 264 valence electrons. The zero-order valence-corrected chi connectivity index (χ0v) is 30.4. The number of nitrogens with one attached hydrogen (secondary N) is 3. The van der Waals surface area contributed by atoms with Gasteiger partial charge in [-0.2, -0.15) is 10.5 Å². The molecule has 0 saturated heterocycles. The Morgan fingerprint density at radius 3 is 1.48 bits per heavy atom. The van der Waals surface area contributed by atoms with E-state index in [0.717, 1.165) is 21.2 Å². The Hall–Kier alpha value is -6.57. The number of hydrogen-bond acceptors (Lipinski definition) is 10. The lowest BCUT2D eigenvalue weighted by Gasteiger charge is -2.22. The lowest BCUT2D eigenvalue weighted by Crippen LogP contribution is -2.16. The summed E-state index contributed by atoms with van der Waals surface area (Å²) >= 11 is 14.3. The van der Waals surface area contributed by atoms with Crippen molar-refractivity contribution >= 4 is 81.2 Å². The van der Waals surface area contributed by atoms with E-state index in [1.807, 2.05) is 24.3 Å². The quantitative estimate of drug-likeness (QED) is 0.0999. The number of halogens is 2. The van der Waals surface area contributed by atoms with Crippen molar-refractivity contribution in [2.75, 3.05) is 27.4 Å². The summed E-state index contributed by atoms with van der Waals surface area (Å²) in [5.41, 5.74) is 18.5. The fraction of sp³-hybridized carbons (Fsp3) is 0.0500. The van der Waals surface area contributed by atoms with Gasteiger partial charge in [-0.15, -0.1) is 0 Å². The third-order valence-electron chi connectivity index (χ3n) is 8.46. The first-order chi connectivity index (χ1) is 26.1. The maximum atomic E-state index is 13.2. The van der Waals surface area contributed by atoms with Gasteiger partial charge in [0, 0.05) is 53.5 Å². The van der Waals surface area contributed by atoms with E-state index in [1.165, 1.54) is 11.8 Å². The maximum Gasteiger partial charge on any atom is 0.230 e. The van der Waals surface area contributed by atoms with Crippen molar-refractivity contribution in [2.45, 2.75) is 22.6 Å². The summed E-state index contributed by atoms with van der Waals surface area (Å²) in [6.45, 7) is 0. The molecule has 0 aliphatic carbocycles. The average Bonchev–Trinajstić information content (AvgIpc) is 3.14. The fourth-order valence-corrected chi connectivity index (χ4v) is 7.56. The molecule has 1 aliphatic rings. The van der Waals surface area contributed by atoms with Crippen molar-refractivity contribution in [3.63, 3.8) is 0 Å². The Kier molecular flexibility index (Phi) is 10.1. The Morgan fingerprint density at radius 2 is 1.07 bits per heavy atom. The van der Waals surface area contributed by atoms with Crippen molar-refractivity contribution in [3.05, 3.63) is 130 Å². The molecule has 1 aliphatic heterocycles. The van der Waals surface area contributed by atoms with Gasteiger partial charge in [-0.3, -0.25) is 9.59 Å². The first kappa shape index (κ1) is 35.8. The molecule has 6 aromatic rings. The standard InChI is InChI=1S/C40H27Cl2N9O2S/c41-31-7-3-1-5-25(31)27-13-23(49-39(45)29(27)19-43)17-37(52)47-21-9-11-33-35(15-21)54-36-16-22(10-12-34(36)51-33)48-38(53)18-24-14-28(30(20-44)40(46)50-24)26-6-2-4-8-32(26)42/h1-16,51H,17-18H2,(H2,45,49)(H2,46,50)(H,47,52)(H,48,53). The average molecular weight is 769 g/mol. The molecular formula is C40H27Cl2N9O2S. The SMILES string of the molecule is N#Cc1c(-c2ccccc2Cl)cc(CC(=O)Nc2ccc3c(c2)Sc2cc(NC(=O)Cc4cc(-c5ccccc5Cl)c(C#N)c(N)n4)ccc2N3)nc1N. The second-order valence-corrected chi connectivity index (χ2v) is 14.0. The number of nitrogens with zero attached hydrogens (tertiary/aromatic N) is 4. The van der Waals surface area contributed by atoms with E-state index in [2.05, 4.69) is 38.1 Å². The molecule has 3 heterocycles. The summed E-state index contributed by atoms with van der Waals surface area (Å²) < 4.78 is 0. The van der Waals surface area contributed by atoms with Crippen LogP contribution in [0.3, 0.4) is 0 Å². The number of aromatic nitrogens is 2. The van der Waals surface area contributed by atoms with Crippen LogP contribution in [0.1, 0.15) is 22.5 Å². The second kappa shape index (κ2) is 15.2. The lowest BCUT2D eigenvalue weighted by atomic mass is 9.99. The topological polar surface area (TPSA) is 196 Å². The van der Waals surface area contributed by atoms with Crippen LogP contribution in [0.2, 0.25) is 10.0 Å². The van der Waals surface area contributed by atoms with Crippen molar-refractivity contribution in [2.24, 2.45) is 0 Å². The van der Waals surface area contributed by atoms with Crippen LogP contribution >= 0.6 is 35.0 Å². The van der Waals surface area contributed by atoms with Crippen LogP contribution in [0.4, 0.5) is 34.4 Å². The van der Waals surface area contributed by atoms with Gasteiger partial charge in [-0.1, -0.05) is 71.4 Å². The molecule has 0 fully saturated rings. The highest BCUT2D eigenvalue weighted by molar-refractivity contribution is 7.99. The maximum absolute atomic E-state index is 13.2. The van der Waals surface area contributed by atoms with Crippen molar-refractivity contribution in [3.8, 4) is 34.4 Å². The van der Waals surface area contributed by atoms with Crippen molar-refractivity contribution < 1.29 is 9.59 Å². The number of anilines is 6. The third-order valence-corrected chi connectivity index (χ3v) is 10.2. The molecule has 2 amide bonds. The normalized spacial score (nSPS) is 11.3. The van der Waals surface area contributed by atoms with Gasteiger partial charge in [-0.05, 0) is 60.7 Å².